The lowest BCUT2D eigenvalue weighted by Crippen LogP contribution is -2.29. The third-order valence-corrected chi connectivity index (χ3v) is 4.01. The van der Waals surface area contributed by atoms with E-state index in [1.54, 1.807) is 0 Å². The van der Waals surface area contributed by atoms with E-state index in [0.29, 0.717) is 6.54 Å². The molecule has 2 N–H and O–H groups in total. The summed E-state index contributed by atoms with van der Waals surface area (Å²) in [5.41, 5.74) is 2.01. The summed E-state index contributed by atoms with van der Waals surface area (Å²) < 4.78 is 5.62. The van der Waals surface area contributed by atoms with Crippen LogP contribution in [0.25, 0.3) is 10.8 Å². The number of rotatable bonds is 7. The van der Waals surface area contributed by atoms with Gasteiger partial charge in [-0.2, -0.15) is 0 Å². The van der Waals surface area contributed by atoms with E-state index in [4.69, 9.17) is 4.74 Å². The lowest BCUT2D eigenvalue weighted by atomic mass is 10.1. The number of carbonyl (C=O) groups is 1. The van der Waals surface area contributed by atoms with E-state index in [1.165, 1.54) is 0 Å². The quantitative estimate of drug-likeness (QED) is 0.667. The van der Waals surface area contributed by atoms with Crippen LogP contribution in [-0.2, 0) is 11.3 Å². The maximum absolute atomic E-state index is 12.1. The van der Waals surface area contributed by atoms with Gasteiger partial charge in [0.25, 0.3) is 0 Å². The van der Waals surface area contributed by atoms with Gasteiger partial charge in [0.2, 0.25) is 5.91 Å². The molecule has 0 aromatic heterocycles. The van der Waals surface area contributed by atoms with Crippen LogP contribution in [0.5, 0.6) is 5.75 Å². The third-order valence-electron chi connectivity index (χ3n) is 4.01. The van der Waals surface area contributed by atoms with Crippen LogP contribution in [0, 0.1) is 0 Å². The molecule has 0 saturated heterocycles. The summed E-state index contributed by atoms with van der Waals surface area (Å²) >= 11 is 0. The van der Waals surface area contributed by atoms with Gasteiger partial charge in [-0.15, -0.1) is 0 Å². The number of carbonyl (C=O) groups excluding carboxylic acids is 1. The second-order valence-corrected chi connectivity index (χ2v) is 6.47. The maximum atomic E-state index is 12.1. The first kappa shape index (κ1) is 17.8. The Balaban J connectivity index is 1.51. The number of fused-ring (bicyclic) bond motifs is 1. The molecule has 0 fully saturated rings. The van der Waals surface area contributed by atoms with Gasteiger partial charge in [0, 0.05) is 17.6 Å². The van der Waals surface area contributed by atoms with Gasteiger partial charge in [-0.05, 0) is 43.0 Å². The second kappa shape index (κ2) is 8.39. The topological polar surface area (TPSA) is 50.4 Å². The minimum Gasteiger partial charge on any atom is -0.491 e. The molecule has 1 amide bonds. The minimum absolute atomic E-state index is 0.0413. The van der Waals surface area contributed by atoms with Gasteiger partial charge in [-0.3, -0.25) is 4.79 Å². The molecule has 3 rings (SSSR count). The van der Waals surface area contributed by atoms with Crippen molar-refractivity contribution in [1.29, 1.82) is 0 Å². The average molecular weight is 348 g/mol. The van der Waals surface area contributed by atoms with E-state index in [9.17, 15) is 4.79 Å². The molecular formula is C22H24N2O2. The van der Waals surface area contributed by atoms with Gasteiger partial charge in [0.05, 0.1) is 12.6 Å². The molecule has 0 unspecified atom stereocenters. The molecule has 0 heterocycles. The van der Waals surface area contributed by atoms with Crippen LogP contribution in [0.4, 0.5) is 5.69 Å². The predicted octanol–water partition coefficient (Wildman–Crippen LogP) is 4.36. The first-order valence-corrected chi connectivity index (χ1v) is 8.86. The molecule has 0 radical (unpaired) electrons. The van der Waals surface area contributed by atoms with Gasteiger partial charge in [-0.1, -0.05) is 48.5 Å². The van der Waals surface area contributed by atoms with Crippen LogP contribution < -0.4 is 15.4 Å². The molecule has 0 bridgehead atoms. The van der Waals surface area contributed by atoms with Crippen molar-refractivity contribution in [2.45, 2.75) is 26.5 Å². The maximum Gasteiger partial charge on any atom is 0.239 e. The molecular weight excluding hydrogens is 324 g/mol. The summed E-state index contributed by atoms with van der Waals surface area (Å²) in [6.45, 7) is 4.73. The Morgan fingerprint density at radius 2 is 1.69 bits per heavy atom. The van der Waals surface area contributed by atoms with Crippen molar-refractivity contribution in [3.05, 3.63) is 72.3 Å². The predicted molar refractivity (Wildman–Crippen MR) is 106 cm³/mol. The fourth-order valence-corrected chi connectivity index (χ4v) is 2.78. The van der Waals surface area contributed by atoms with Crippen molar-refractivity contribution in [3.8, 4) is 5.75 Å². The van der Waals surface area contributed by atoms with E-state index in [0.717, 1.165) is 27.8 Å². The Bertz CT molecular complexity index is 867. The van der Waals surface area contributed by atoms with Crippen LogP contribution in [0.2, 0.25) is 0 Å². The normalized spacial score (nSPS) is 10.7. The van der Waals surface area contributed by atoms with Crippen molar-refractivity contribution in [1.82, 2.24) is 5.32 Å². The van der Waals surface area contributed by atoms with Gasteiger partial charge < -0.3 is 15.4 Å². The molecule has 0 atom stereocenters. The number of hydrogen-bond donors (Lipinski definition) is 2. The van der Waals surface area contributed by atoms with E-state index < -0.39 is 0 Å². The Morgan fingerprint density at radius 1 is 0.962 bits per heavy atom. The SMILES string of the molecule is CC(C)Oc1ccc(CNC(=O)CNc2cccc3ccccc23)cc1. The van der Waals surface area contributed by atoms with Crippen LogP contribution >= 0.6 is 0 Å². The fourth-order valence-electron chi connectivity index (χ4n) is 2.78. The second-order valence-electron chi connectivity index (χ2n) is 6.47. The summed E-state index contributed by atoms with van der Waals surface area (Å²) in [5.74, 6) is 0.799. The number of nitrogens with one attached hydrogen (secondary N) is 2. The van der Waals surface area contributed by atoms with Gasteiger partial charge in [0.1, 0.15) is 5.75 Å². The van der Waals surface area contributed by atoms with Crippen molar-refractivity contribution in [3.63, 3.8) is 0 Å². The lowest BCUT2D eigenvalue weighted by molar-refractivity contribution is -0.119. The Labute approximate surface area is 154 Å². The standard InChI is InChI=1S/C22H24N2O2/c1-16(2)26-19-12-10-17(11-13-19)14-24-22(25)15-23-21-9-5-7-18-6-3-4-8-20(18)21/h3-13,16,23H,14-15H2,1-2H3,(H,24,25). The molecule has 0 spiro atoms. The number of hydrogen-bond acceptors (Lipinski definition) is 3. The van der Waals surface area contributed by atoms with Crippen molar-refractivity contribution >= 4 is 22.4 Å². The molecule has 0 aliphatic rings. The van der Waals surface area contributed by atoms with Crippen molar-refractivity contribution in [2.24, 2.45) is 0 Å². The van der Waals surface area contributed by atoms with E-state index in [1.807, 2.05) is 62.4 Å². The zero-order valence-corrected chi connectivity index (χ0v) is 15.2. The highest BCUT2D eigenvalue weighted by atomic mass is 16.5. The molecule has 0 saturated carbocycles. The first-order valence-electron chi connectivity index (χ1n) is 8.86. The highest BCUT2D eigenvalue weighted by molar-refractivity contribution is 5.95. The van der Waals surface area contributed by atoms with Gasteiger partial charge in [-0.25, -0.2) is 0 Å². The van der Waals surface area contributed by atoms with Gasteiger partial charge in [0.15, 0.2) is 0 Å². The Hall–Kier alpha value is -3.01. The molecule has 0 aliphatic heterocycles. The molecule has 3 aromatic carbocycles. The van der Waals surface area contributed by atoms with Crippen LogP contribution in [-0.4, -0.2) is 18.6 Å². The zero-order chi connectivity index (χ0) is 18.4. The number of ether oxygens (including phenoxy) is 1. The third kappa shape index (κ3) is 4.76. The Morgan fingerprint density at radius 3 is 2.46 bits per heavy atom. The summed E-state index contributed by atoms with van der Waals surface area (Å²) in [6.07, 6.45) is 0.153. The highest BCUT2D eigenvalue weighted by Gasteiger charge is 2.04. The van der Waals surface area contributed by atoms with Gasteiger partial charge >= 0.3 is 0 Å². The zero-order valence-electron chi connectivity index (χ0n) is 15.2. The van der Waals surface area contributed by atoms with Crippen molar-refractivity contribution < 1.29 is 9.53 Å². The van der Waals surface area contributed by atoms with Crippen LogP contribution in [0.15, 0.2) is 66.7 Å². The Kier molecular flexibility index (Phi) is 5.74. The largest absolute Gasteiger partial charge is 0.491 e. The number of anilines is 1. The summed E-state index contributed by atoms with van der Waals surface area (Å²) in [6, 6.07) is 22.0. The highest BCUT2D eigenvalue weighted by Crippen LogP contribution is 2.22. The molecule has 4 nitrogen and oxygen atoms in total. The summed E-state index contributed by atoms with van der Waals surface area (Å²) in [4.78, 5) is 12.1. The monoisotopic (exact) mass is 348 g/mol. The molecule has 26 heavy (non-hydrogen) atoms. The number of amides is 1. The summed E-state index contributed by atoms with van der Waals surface area (Å²) in [5, 5.41) is 8.43. The minimum atomic E-state index is -0.0413. The van der Waals surface area contributed by atoms with Crippen LogP contribution in [0.3, 0.4) is 0 Å². The molecule has 4 heteroatoms. The smallest absolute Gasteiger partial charge is 0.239 e. The van der Waals surface area contributed by atoms with Crippen molar-refractivity contribution in [2.75, 3.05) is 11.9 Å². The summed E-state index contributed by atoms with van der Waals surface area (Å²) in [7, 11) is 0. The average Bonchev–Trinajstić information content (AvgIpc) is 2.65. The fraction of sp³-hybridized carbons (Fsp3) is 0.227. The number of benzene rings is 3. The first-order chi connectivity index (χ1) is 12.6. The van der Waals surface area contributed by atoms with E-state index in [-0.39, 0.29) is 18.6 Å². The lowest BCUT2D eigenvalue weighted by Gasteiger charge is -2.11. The molecule has 3 aromatic rings. The van der Waals surface area contributed by atoms with E-state index in [2.05, 4.69) is 28.8 Å². The van der Waals surface area contributed by atoms with E-state index >= 15 is 0 Å². The molecule has 0 aliphatic carbocycles. The van der Waals surface area contributed by atoms with Crippen LogP contribution in [0.1, 0.15) is 19.4 Å². The molecule has 134 valence electrons.